The van der Waals surface area contributed by atoms with Crippen molar-refractivity contribution in [2.45, 2.75) is 31.6 Å². The molecule has 0 amide bonds. The largest absolute Gasteiger partial charge is 0.395 e. The molecule has 0 saturated heterocycles. The molecule has 5 nitrogen and oxygen atoms in total. The fourth-order valence-corrected chi connectivity index (χ4v) is 2.77. The van der Waals surface area contributed by atoms with Gasteiger partial charge in [0.2, 0.25) is 0 Å². The van der Waals surface area contributed by atoms with E-state index in [1.807, 2.05) is 24.5 Å². The standard InChI is InChI=1S/C16H22N4OS/c1-4-13-9-15(18-11(2)14(10-21)22-3)20-16(19-13)12-5-7-17-8-6-12/h5-9,11,14,21H,4,10H2,1-3H3,(H,18,19,20). The number of aromatic nitrogens is 3. The van der Waals surface area contributed by atoms with E-state index in [4.69, 9.17) is 0 Å². The van der Waals surface area contributed by atoms with Crippen LogP contribution in [0.15, 0.2) is 30.6 Å². The summed E-state index contributed by atoms with van der Waals surface area (Å²) in [5.41, 5.74) is 1.94. The maximum atomic E-state index is 9.41. The molecule has 0 aromatic carbocycles. The summed E-state index contributed by atoms with van der Waals surface area (Å²) in [6.07, 6.45) is 6.32. The number of rotatable bonds is 7. The Morgan fingerprint density at radius 1 is 1.27 bits per heavy atom. The summed E-state index contributed by atoms with van der Waals surface area (Å²) in [5.74, 6) is 1.49. The number of anilines is 1. The topological polar surface area (TPSA) is 70.9 Å². The highest BCUT2D eigenvalue weighted by Gasteiger charge is 2.16. The van der Waals surface area contributed by atoms with Crippen molar-refractivity contribution in [2.75, 3.05) is 18.2 Å². The van der Waals surface area contributed by atoms with Gasteiger partial charge in [0.1, 0.15) is 5.82 Å². The Labute approximate surface area is 135 Å². The number of hydrogen-bond donors (Lipinski definition) is 2. The minimum Gasteiger partial charge on any atom is -0.395 e. The summed E-state index contributed by atoms with van der Waals surface area (Å²) in [7, 11) is 0. The van der Waals surface area contributed by atoms with E-state index in [-0.39, 0.29) is 17.9 Å². The van der Waals surface area contributed by atoms with Gasteiger partial charge < -0.3 is 10.4 Å². The highest BCUT2D eigenvalue weighted by molar-refractivity contribution is 7.99. The number of nitrogens with zero attached hydrogens (tertiary/aromatic N) is 3. The van der Waals surface area contributed by atoms with Crippen molar-refractivity contribution in [3.63, 3.8) is 0 Å². The Morgan fingerprint density at radius 2 is 2.00 bits per heavy atom. The minimum absolute atomic E-state index is 0.116. The zero-order chi connectivity index (χ0) is 15.9. The molecule has 0 fully saturated rings. The maximum Gasteiger partial charge on any atom is 0.161 e. The van der Waals surface area contributed by atoms with Gasteiger partial charge in [0.15, 0.2) is 5.82 Å². The summed E-state index contributed by atoms with van der Waals surface area (Å²) < 4.78 is 0. The summed E-state index contributed by atoms with van der Waals surface area (Å²) in [4.78, 5) is 13.2. The van der Waals surface area contributed by atoms with Gasteiger partial charge in [-0.3, -0.25) is 4.98 Å². The third kappa shape index (κ3) is 4.18. The molecule has 0 aliphatic rings. The Bertz CT molecular complexity index is 590. The van der Waals surface area contributed by atoms with E-state index in [0.29, 0.717) is 5.82 Å². The Hall–Kier alpha value is -1.66. The van der Waals surface area contributed by atoms with Crippen molar-refractivity contribution < 1.29 is 5.11 Å². The minimum atomic E-state index is 0.116. The highest BCUT2D eigenvalue weighted by atomic mass is 32.2. The van der Waals surface area contributed by atoms with Crippen LogP contribution in [-0.4, -0.2) is 44.2 Å². The number of nitrogens with one attached hydrogen (secondary N) is 1. The fraction of sp³-hybridized carbons (Fsp3) is 0.438. The van der Waals surface area contributed by atoms with Crippen molar-refractivity contribution in [3.05, 3.63) is 36.3 Å². The quantitative estimate of drug-likeness (QED) is 0.818. The fourth-order valence-electron chi connectivity index (χ4n) is 2.15. The zero-order valence-corrected chi connectivity index (χ0v) is 14.0. The number of thioether (sulfide) groups is 1. The number of aliphatic hydroxyl groups is 1. The van der Waals surface area contributed by atoms with Gasteiger partial charge in [0.05, 0.1) is 6.61 Å². The Morgan fingerprint density at radius 3 is 2.59 bits per heavy atom. The highest BCUT2D eigenvalue weighted by Crippen LogP contribution is 2.20. The second-order valence-electron chi connectivity index (χ2n) is 5.05. The molecule has 2 N–H and O–H groups in total. The SMILES string of the molecule is CCc1cc(NC(C)C(CO)SC)nc(-c2ccncc2)n1. The molecule has 2 aromatic rings. The van der Waals surface area contributed by atoms with E-state index in [0.717, 1.165) is 23.5 Å². The molecule has 2 aromatic heterocycles. The number of aryl methyl sites for hydroxylation is 1. The molecule has 0 saturated carbocycles. The molecule has 0 spiro atoms. The predicted octanol–water partition coefficient (Wildman–Crippen LogP) is 2.63. The van der Waals surface area contributed by atoms with Crippen molar-refractivity contribution in [2.24, 2.45) is 0 Å². The molecule has 22 heavy (non-hydrogen) atoms. The number of hydrogen-bond acceptors (Lipinski definition) is 6. The van der Waals surface area contributed by atoms with Crippen LogP contribution in [0.2, 0.25) is 0 Å². The van der Waals surface area contributed by atoms with Crippen LogP contribution in [0, 0.1) is 0 Å². The van der Waals surface area contributed by atoms with E-state index >= 15 is 0 Å². The van der Waals surface area contributed by atoms with Crippen LogP contribution in [0.5, 0.6) is 0 Å². The predicted molar refractivity (Wildman–Crippen MR) is 92.1 cm³/mol. The molecular formula is C16H22N4OS. The van der Waals surface area contributed by atoms with Crippen molar-refractivity contribution in [3.8, 4) is 11.4 Å². The molecule has 2 atom stereocenters. The zero-order valence-electron chi connectivity index (χ0n) is 13.2. The average molecular weight is 318 g/mol. The lowest BCUT2D eigenvalue weighted by Gasteiger charge is -2.22. The van der Waals surface area contributed by atoms with Crippen LogP contribution in [0.25, 0.3) is 11.4 Å². The summed E-state index contributed by atoms with van der Waals surface area (Å²) >= 11 is 1.64. The van der Waals surface area contributed by atoms with E-state index in [1.54, 1.807) is 24.2 Å². The molecule has 2 rings (SSSR count). The third-order valence-electron chi connectivity index (χ3n) is 3.50. The van der Waals surface area contributed by atoms with E-state index in [9.17, 15) is 5.11 Å². The first kappa shape index (κ1) is 16.7. The van der Waals surface area contributed by atoms with Gasteiger partial charge in [-0.25, -0.2) is 9.97 Å². The lowest BCUT2D eigenvalue weighted by atomic mass is 10.2. The second kappa shape index (κ2) is 8.10. The summed E-state index contributed by atoms with van der Waals surface area (Å²) in [5, 5.41) is 12.9. The summed E-state index contributed by atoms with van der Waals surface area (Å²) in [6, 6.07) is 5.89. The first-order valence-electron chi connectivity index (χ1n) is 7.36. The molecule has 0 bridgehead atoms. The normalized spacial score (nSPS) is 13.6. The van der Waals surface area contributed by atoms with Crippen LogP contribution < -0.4 is 5.32 Å². The van der Waals surface area contributed by atoms with Crippen molar-refractivity contribution in [1.82, 2.24) is 15.0 Å². The molecule has 6 heteroatoms. The van der Waals surface area contributed by atoms with Crippen LogP contribution >= 0.6 is 11.8 Å². The van der Waals surface area contributed by atoms with Gasteiger partial charge in [0.25, 0.3) is 0 Å². The van der Waals surface area contributed by atoms with Gasteiger partial charge >= 0.3 is 0 Å². The van der Waals surface area contributed by atoms with Gasteiger partial charge in [-0.1, -0.05) is 6.92 Å². The molecule has 118 valence electrons. The van der Waals surface area contributed by atoms with Crippen LogP contribution in [-0.2, 0) is 6.42 Å². The van der Waals surface area contributed by atoms with Gasteiger partial charge in [-0.15, -0.1) is 0 Å². The monoisotopic (exact) mass is 318 g/mol. The number of pyridine rings is 1. The molecule has 0 radical (unpaired) electrons. The van der Waals surface area contributed by atoms with Crippen molar-refractivity contribution in [1.29, 1.82) is 0 Å². The average Bonchev–Trinajstić information content (AvgIpc) is 2.56. The molecule has 2 heterocycles. The van der Waals surface area contributed by atoms with E-state index in [2.05, 4.69) is 34.1 Å². The smallest absolute Gasteiger partial charge is 0.161 e. The molecule has 0 aliphatic carbocycles. The van der Waals surface area contributed by atoms with Crippen LogP contribution in [0.4, 0.5) is 5.82 Å². The Balaban J connectivity index is 2.28. The second-order valence-corrected chi connectivity index (χ2v) is 6.12. The Kier molecular flexibility index (Phi) is 6.15. The lowest BCUT2D eigenvalue weighted by Crippen LogP contribution is -2.31. The molecule has 2 unspecified atom stereocenters. The maximum absolute atomic E-state index is 9.41. The first-order chi connectivity index (χ1) is 10.7. The molecule has 0 aliphatic heterocycles. The van der Waals surface area contributed by atoms with Gasteiger partial charge in [0, 0.05) is 41.0 Å². The lowest BCUT2D eigenvalue weighted by molar-refractivity contribution is 0.288. The van der Waals surface area contributed by atoms with Crippen LogP contribution in [0.1, 0.15) is 19.5 Å². The summed E-state index contributed by atoms with van der Waals surface area (Å²) in [6.45, 7) is 4.26. The van der Waals surface area contributed by atoms with E-state index < -0.39 is 0 Å². The van der Waals surface area contributed by atoms with Crippen LogP contribution in [0.3, 0.4) is 0 Å². The first-order valence-corrected chi connectivity index (χ1v) is 8.65. The molecular weight excluding hydrogens is 296 g/mol. The van der Waals surface area contributed by atoms with Crippen molar-refractivity contribution >= 4 is 17.6 Å². The van der Waals surface area contributed by atoms with Gasteiger partial charge in [-0.2, -0.15) is 11.8 Å². The number of aliphatic hydroxyl groups excluding tert-OH is 1. The van der Waals surface area contributed by atoms with E-state index in [1.165, 1.54) is 0 Å². The van der Waals surface area contributed by atoms with Gasteiger partial charge in [-0.05, 0) is 31.7 Å². The third-order valence-corrected chi connectivity index (χ3v) is 4.66.